The Kier molecular flexibility index (Phi) is 9.54. The van der Waals surface area contributed by atoms with Crippen molar-refractivity contribution in [2.75, 3.05) is 5.32 Å². The van der Waals surface area contributed by atoms with E-state index >= 15 is 0 Å². The maximum atomic E-state index is 12.5. The molecule has 0 bridgehead atoms. The summed E-state index contributed by atoms with van der Waals surface area (Å²) in [6.07, 6.45) is 6.83. The lowest BCUT2D eigenvalue weighted by molar-refractivity contribution is -0.115. The summed E-state index contributed by atoms with van der Waals surface area (Å²) < 4.78 is 12.5. The number of anilines is 1. The van der Waals surface area contributed by atoms with Crippen LogP contribution in [-0.4, -0.2) is 40.0 Å². The summed E-state index contributed by atoms with van der Waals surface area (Å²) in [5.74, 6) is 0.696. The molecule has 0 atom stereocenters. The van der Waals surface area contributed by atoms with Crippen molar-refractivity contribution in [3.63, 3.8) is 0 Å². The molecule has 0 unspecified atom stereocenters. The highest BCUT2D eigenvalue weighted by Crippen LogP contribution is 2.33. The number of amides is 2. The van der Waals surface area contributed by atoms with Gasteiger partial charge >= 0.3 is 5.97 Å². The van der Waals surface area contributed by atoms with Crippen molar-refractivity contribution in [3.05, 3.63) is 113 Å². The maximum Gasteiger partial charge on any atom is 0.337 e. The lowest BCUT2D eigenvalue weighted by atomic mass is 9.92. The van der Waals surface area contributed by atoms with E-state index in [-0.39, 0.29) is 41.6 Å². The molecule has 3 aromatic carbocycles. The molecule has 0 aliphatic heterocycles. The minimum Gasteiger partial charge on any atom is -0.490 e. The molecule has 44 heavy (non-hydrogen) atoms. The van der Waals surface area contributed by atoms with Crippen LogP contribution in [0.3, 0.4) is 0 Å². The van der Waals surface area contributed by atoms with Crippen LogP contribution < -0.4 is 20.1 Å². The van der Waals surface area contributed by atoms with Crippen LogP contribution in [0.25, 0.3) is 0 Å². The second-order valence-electron chi connectivity index (χ2n) is 11.0. The molecule has 1 aromatic heterocycles. The number of nitrogens with zero attached hydrogens (tertiary/aromatic N) is 1. The van der Waals surface area contributed by atoms with Crippen molar-refractivity contribution in [2.24, 2.45) is 0 Å². The topological polar surface area (TPSA) is 127 Å². The van der Waals surface area contributed by atoms with Crippen LogP contribution in [0.1, 0.15) is 63.1 Å². The molecule has 226 valence electrons. The van der Waals surface area contributed by atoms with Crippen molar-refractivity contribution in [2.45, 2.75) is 58.1 Å². The summed E-state index contributed by atoms with van der Waals surface area (Å²) >= 11 is 0. The molecule has 4 aromatic rings. The third-order valence-electron chi connectivity index (χ3n) is 7.67. The second kappa shape index (κ2) is 13.9. The molecule has 3 N–H and O–H groups in total. The first-order chi connectivity index (χ1) is 21.2. The number of hydrogen-bond donors (Lipinski definition) is 3. The Labute approximate surface area is 256 Å². The number of aromatic carboxylic acids is 1. The highest BCUT2D eigenvalue weighted by molar-refractivity contribution is 6.01. The minimum atomic E-state index is -1.10. The number of nitrogens with one attached hydrogen (secondary N) is 2. The molecule has 5 rings (SSSR count). The summed E-state index contributed by atoms with van der Waals surface area (Å²) in [5.41, 5.74) is 3.60. The number of carboxylic acids is 1. The first-order valence-electron chi connectivity index (χ1n) is 14.6. The Bertz CT molecular complexity index is 1630. The summed E-state index contributed by atoms with van der Waals surface area (Å²) in [5, 5.41) is 15.1. The summed E-state index contributed by atoms with van der Waals surface area (Å²) in [6, 6.07) is 21.1. The number of aromatic nitrogens is 1. The van der Waals surface area contributed by atoms with Crippen LogP contribution in [-0.2, 0) is 11.2 Å². The standard InChI is InChI=1S/C35H35N3O6/c1-22-20-32(44-28-13-9-26(10-14-28)37-34(40)25-15-17-36-18-16-25)23(2)19-31(22)43-27-11-7-24(8-12-27)21-33(39)38-30-6-4-3-5-29(30)35(41)42/h3-8,11-12,15-20,26,28H,9-10,13-14,21H2,1-2H3,(H,37,40)(H,38,39)(H,41,42). The number of pyridine rings is 1. The number of carbonyl (C=O) groups is 3. The van der Waals surface area contributed by atoms with E-state index in [0.29, 0.717) is 17.1 Å². The minimum absolute atomic E-state index is 0.0434. The van der Waals surface area contributed by atoms with Gasteiger partial charge in [0.15, 0.2) is 0 Å². The molecule has 1 aliphatic carbocycles. The summed E-state index contributed by atoms with van der Waals surface area (Å²) in [4.78, 5) is 40.4. The Morgan fingerprint density at radius 1 is 0.864 bits per heavy atom. The summed E-state index contributed by atoms with van der Waals surface area (Å²) in [7, 11) is 0. The highest BCUT2D eigenvalue weighted by atomic mass is 16.5. The van der Waals surface area contributed by atoms with Crippen LogP contribution in [0.4, 0.5) is 5.69 Å². The van der Waals surface area contributed by atoms with Gasteiger partial charge in [-0.3, -0.25) is 14.6 Å². The monoisotopic (exact) mass is 593 g/mol. The SMILES string of the molecule is Cc1cc(OC2CCC(NC(=O)c3ccncc3)CC2)c(C)cc1Oc1ccc(CC(=O)Nc2ccccc2C(=O)O)cc1. The third kappa shape index (κ3) is 7.80. The quantitative estimate of drug-likeness (QED) is 0.192. The lowest BCUT2D eigenvalue weighted by Crippen LogP contribution is -2.39. The number of benzene rings is 3. The van der Waals surface area contributed by atoms with E-state index in [0.717, 1.165) is 48.1 Å². The van der Waals surface area contributed by atoms with E-state index in [2.05, 4.69) is 15.6 Å². The Morgan fingerprint density at radius 2 is 1.52 bits per heavy atom. The Balaban J connectivity index is 1.12. The molecule has 0 spiro atoms. The van der Waals surface area contributed by atoms with Gasteiger partial charge in [0.2, 0.25) is 5.91 Å². The van der Waals surface area contributed by atoms with E-state index < -0.39 is 5.97 Å². The van der Waals surface area contributed by atoms with Crippen LogP contribution in [0.15, 0.2) is 85.2 Å². The van der Waals surface area contributed by atoms with Gasteiger partial charge in [0.1, 0.15) is 17.2 Å². The van der Waals surface area contributed by atoms with Crippen LogP contribution in [0.5, 0.6) is 17.2 Å². The number of carboxylic acid groups (broad SMARTS) is 1. The maximum absolute atomic E-state index is 12.5. The Hall–Kier alpha value is -5.18. The van der Waals surface area contributed by atoms with Crippen molar-refractivity contribution >= 4 is 23.5 Å². The molecular formula is C35H35N3O6. The average molecular weight is 594 g/mol. The van der Waals surface area contributed by atoms with E-state index in [1.807, 2.05) is 38.1 Å². The van der Waals surface area contributed by atoms with Crippen molar-refractivity contribution < 1.29 is 29.0 Å². The zero-order chi connectivity index (χ0) is 31.1. The van der Waals surface area contributed by atoms with Gasteiger partial charge in [-0.2, -0.15) is 0 Å². The van der Waals surface area contributed by atoms with Crippen molar-refractivity contribution in [1.29, 1.82) is 0 Å². The lowest BCUT2D eigenvalue weighted by Gasteiger charge is -2.30. The summed E-state index contributed by atoms with van der Waals surface area (Å²) in [6.45, 7) is 3.97. The zero-order valence-corrected chi connectivity index (χ0v) is 24.7. The normalized spacial score (nSPS) is 16.0. The highest BCUT2D eigenvalue weighted by Gasteiger charge is 2.25. The smallest absolute Gasteiger partial charge is 0.337 e. The number of ether oxygens (including phenoxy) is 2. The van der Waals surface area contributed by atoms with Crippen LogP contribution in [0, 0.1) is 13.8 Å². The van der Waals surface area contributed by atoms with Gasteiger partial charge in [-0.1, -0.05) is 24.3 Å². The van der Waals surface area contributed by atoms with Gasteiger partial charge in [0, 0.05) is 24.0 Å². The van der Waals surface area contributed by atoms with Crippen molar-refractivity contribution in [1.82, 2.24) is 10.3 Å². The zero-order valence-electron chi connectivity index (χ0n) is 24.7. The fourth-order valence-electron chi connectivity index (χ4n) is 5.24. The van der Waals surface area contributed by atoms with Gasteiger partial charge in [-0.05, 0) is 105 Å². The average Bonchev–Trinajstić information content (AvgIpc) is 3.02. The molecule has 0 saturated heterocycles. The number of rotatable bonds is 10. The molecule has 1 aliphatic rings. The fourth-order valence-corrected chi connectivity index (χ4v) is 5.24. The number of carbonyl (C=O) groups excluding carboxylic acids is 2. The third-order valence-corrected chi connectivity index (χ3v) is 7.67. The Morgan fingerprint density at radius 3 is 2.23 bits per heavy atom. The molecule has 9 nitrogen and oxygen atoms in total. The molecule has 1 fully saturated rings. The molecule has 1 saturated carbocycles. The molecule has 9 heteroatoms. The van der Waals surface area contributed by atoms with Gasteiger partial charge in [0.05, 0.1) is 23.8 Å². The van der Waals surface area contributed by atoms with Crippen LogP contribution >= 0.6 is 0 Å². The predicted molar refractivity (Wildman–Crippen MR) is 167 cm³/mol. The van der Waals surface area contributed by atoms with E-state index in [9.17, 15) is 19.5 Å². The van der Waals surface area contributed by atoms with Gasteiger partial charge < -0.3 is 25.2 Å². The molecular weight excluding hydrogens is 558 g/mol. The van der Waals surface area contributed by atoms with Gasteiger partial charge in [0.25, 0.3) is 5.91 Å². The van der Waals surface area contributed by atoms with Crippen LogP contribution in [0.2, 0.25) is 0 Å². The second-order valence-corrected chi connectivity index (χ2v) is 11.0. The van der Waals surface area contributed by atoms with Gasteiger partial charge in [-0.15, -0.1) is 0 Å². The van der Waals surface area contributed by atoms with E-state index in [4.69, 9.17) is 9.47 Å². The molecule has 2 amide bonds. The van der Waals surface area contributed by atoms with Crippen molar-refractivity contribution in [3.8, 4) is 17.2 Å². The molecule has 1 heterocycles. The predicted octanol–water partition coefficient (Wildman–Crippen LogP) is 6.49. The van der Waals surface area contributed by atoms with E-state index in [1.165, 1.54) is 6.07 Å². The number of para-hydroxylation sites is 1. The van der Waals surface area contributed by atoms with Gasteiger partial charge in [-0.25, -0.2) is 4.79 Å². The fraction of sp³-hybridized carbons (Fsp3) is 0.257. The van der Waals surface area contributed by atoms with E-state index in [1.54, 1.807) is 54.9 Å². The molecule has 0 radical (unpaired) electrons. The first-order valence-corrected chi connectivity index (χ1v) is 14.6. The first kappa shape index (κ1) is 30.3. The number of hydrogen-bond acceptors (Lipinski definition) is 6. The largest absolute Gasteiger partial charge is 0.490 e. The number of aryl methyl sites for hydroxylation is 2.